The van der Waals surface area contributed by atoms with Crippen molar-refractivity contribution in [2.45, 2.75) is 37.8 Å². The summed E-state index contributed by atoms with van der Waals surface area (Å²) in [5.41, 5.74) is 0.753. The number of hydrogen-bond acceptors (Lipinski definition) is 3. The lowest BCUT2D eigenvalue weighted by Gasteiger charge is -2.41. The van der Waals surface area contributed by atoms with Gasteiger partial charge in [-0.3, -0.25) is 9.59 Å². The number of carbonyl (C=O) groups excluding carboxylic acids is 2. The number of hydrogen-bond donors (Lipinski definition) is 2. The second-order valence-electron chi connectivity index (χ2n) is 6.04. The summed E-state index contributed by atoms with van der Waals surface area (Å²) in [6, 6.07) is 8.18. The van der Waals surface area contributed by atoms with Gasteiger partial charge in [-0.2, -0.15) is 0 Å². The van der Waals surface area contributed by atoms with Crippen LogP contribution in [0, 0.1) is 0 Å². The molecule has 0 unspecified atom stereocenters. The Bertz CT molecular complexity index is 746. The Morgan fingerprint density at radius 2 is 2.09 bits per heavy atom. The monoisotopic (exact) mass is 328 g/mol. The second kappa shape index (κ2) is 6.54. The molecule has 1 aliphatic rings. The molecule has 2 amide bonds. The lowest BCUT2D eigenvalue weighted by molar-refractivity contribution is -0.125. The van der Waals surface area contributed by atoms with Gasteiger partial charge in [0.2, 0.25) is 11.8 Å². The molecule has 1 aromatic heterocycles. The first-order chi connectivity index (χ1) is 11.1. The van der Waals surface area contributed by atoms with Crippen LogP contribution < -0.4 is 10.6 Å². The number of carbonyl (C=O) groups is 2. The molecule has 4 nitrogen and oxygen atoms in total. The predicted octanol–water partition coefficient (Wildman–Crippen LogP) is 3.13. The van der Waals surface area contributed by atoms with Crippen LogP contribution in [0.3, 0.4) is 0 Å². The molecule has 1 saturated carbocycles. The van der Waals surface area contributed by atoms with E-state index in [9.17, 15) is 9.59 Å². The number of nitrogens with one attached hydrogen (secondary N) is 2. The van der Waals surface area contributed by atoms with Crippen LogP contribution >= 0.6 is 11.3 Å². The maximum atomic E-state index is 12.3. The Balaban J connectivity index is 1.59. The van der Waals surface area contributed by atoms with E-state index < -0.39 is 0 Å². The van der Waals surface area contributed by atoms with E-state index in [0.717, 1.165) is 24.8 Å². The van der Waals surface area contributed by atoms with E-state index in [0.29, 0.717) is 13.0 Å². The predicted molar refractivity (Wildman–Crippen MR) is 93.2 cm³/mol. The van der Waals surface area contributed by atoms with Crippen molar-refractivity contribution >= 4 is 33.2 Å². The maximum Gasteiger partial charge on any atom is 0.243 e. The van der Waals surface area contributed by atoms with Crippen molar-refractivity contribution in [3.63, 3.8) is 0 Å². The fraction of sp³-hybridized carbons (Fsp3) is 0.333. The zero-order valence-electron chi connectivity index (χ0n) is 12.9. The highest BCUT2D eigenvalue weighted by Crippen LogP contribution is 2.35. The zero-order valence-corrected chi connectivity index (χ0v) is 13.7. The Labute approximate surface area is 139 Å². The average Bonchev–Trinajstić information content (AvgIpc) is 2.94. The first kappa shape index (κ1) is 15.7. The molecule has 0 atom stereocenters. The van der Waals surface area contributed by atoms with Crippen molar-refractivity contribution in [3.8, 4) is 0 Å². The number of amides is 2. The van der Waals surface area contributed by atoms with E-state index in [4.69, 9.17) is 0 Å². The molecule has 0 bridgehead atoms. The Hall–Kier alpha value is -2.14. The van der Waals surface area contributed by atoms with Crippen molar-refractivity contribution in [2.75, 3.05) is 0 Å². The largest absolute Gasteiger partial charge is 0.352 e. The Morgan fingerprint density at radius 3 is 2.78 bits per heavy atom. The van der Waals surface area contributed by atoms with Crippen molar-refractivity contribution in [2.24, 2.45) is 0 Å². The minimum Gasteiger partial charge on any atom is -0.352 e. The standard InChI is InChI=1S/C18H20N2O2S/c1-2-16(21)20-18(8-5-9-18)10-17(22)19-11-13-12-23-15-7-4-3-6-14(13)15/h2-4,6-7,12H,1,5,8-11H2,(H,19,22)(H,20,21). The molecule has 1 aliphatic carbocycles. The van der Waals surface area contributed by atoms with Crippen LogP contribution in [0.2, 0.25) is 0 Å². The van der Waals surface area contributed by atoms with Gasteiger partial charge in [-0.05, 0) is 47.7 Å². The van der Waals surface area contributed by atoms with Gasteiger partial charge in [0.25, 0.3) is 0 Å². The summed E-state index contributed by atoms with van der Waals surface area (Å²) in [5.74, 6) is -0.231. The first-order valence-corrected chi connectivity index (χ1v) is 8.66. The van der Waals surface area contributed by atoms with Gasteiger partial charge in [-0.15, -0.1) is 11.3 Å². The summed E-state index contributed by atoms with van der Waals surface area (Å²) in [6.07, 6.45) is 4.33. The quantitative estimate of drug-likeness (QED) is 0.801. The van der Waals surface area contributed by atoms with Gasteiger partial charge in [0.15, 0.2) is 0 Å². The number of benzene rings is 1. The van der Waals surface area contributed by atoms with Crippen LogP contribution in [-0.4, -0.2) is 17.4 Å². The van der Waals surface area contributed by atoms with Crippen molar-refractivity contribution in [1.82, 2.24) is 10.6 Å². The molecule has 1 aromatic carbocycles. The number of rotatable bonds is 6. The van der Waals surface area contributed by atoms with E-state index in [1.165, 1.54) is 16.2 Å². The van der Waals surface area contributed by atoms with Crippen LogP contribution in [0.4, 0.5) is 0 Å². The molecule has 2 aromatic rings. The minimum absolute atomic E-state index is 0.0238. The molecule has 23 heavy (non-hydrogen) atoms. The van der Waals surface area contributed by atoms with Crippen molar-refractivity contribution in [3.05, 3.63) is 47.9 Å². The molecule has 120 valence electrons. The van der Waals surface area contributed by atoms with E-state index in [2.05, 4.69) is 34.7 Å². The molecule has 0 aliphatic heterocycles. The van der Waals surface area contributed by atoms with Crippen LogP contribution in [-0.2, 0) is 16.1 Å². The van der Waals surface area contributed by atoms with Gasteiger partial charge in [0.05, 0.1) is 0 Å². The first-order valence-electron chi connectivity index (χ1n) is 7.78. The molecule has 0 saturated heterocycles. The highest BCUT2D eigenvalue weighted by atomic mass is 32.1. The number of thiophene rings is 1. The molecule has 3 rings (SSSR count). The molecule has 1 fully saturated rings. The fourth-order valence-electron chi connectivity index (χ4n) is 3.00. The molecular formula is C18H20N2O2S. The topological polar surface area (TPSA) is 58.2 Å². The Kier molecular flexibility index (Phi) is 4.48. The highest BCUT2D eigenvalue weighted by molar-refractivity contribution is 7.17. The van der Waals surface area contributed by atoms with Crippen molar-refractivity contribution in [1.29, 1.82) is 0 Å². The summed E-state index contributed by atoms with van der Waals surface area (Å²) in [6.45, 7) is 3.99. The maximum absolute atomic E-state index is 12.3. The fourth-order valence-corrected chi connectivity index (χ4v) is 3.96. The Morgan fingerprint density at radius 1 is 1.30 bits per heavy atom. The summed E-state index contributed by atoms with van der Waals surface area (Å²) in [4.78, 5) is 23.8. The van der Waals surface area contributed by atoms with E-state index in [1.807, 2.05) is 12.1 Å². The smallest absolute Gasteiger partial charge is 0.243 e. The highest BCUT2D eigenvalue weighted by Gasteiger charge is 2.39. The third kappa shape index (κ3) is 3.45. The van der Waals surface area contributed by atoms with Crippen molar-refractivity contribution < 1.29 is 9.59 Å². The second-order valence-corrected chi connectivity index (χ2v) is 6.95. The lowest BCUT2D eigenvalue weighted by atomic mass is 9.74. The summed E-state index contributed by atoms with van der Waals surface area (Å²) in [5, 5.41) is 9.18. The van der Waals surface area contributed by atoms with E-state index in [1.54, 1.807) is 11.3 Å². The van der Waals surface area contributed by atoms with Gasteiger partial charge in [0.1, 0.15) is 0 Å². The van der Waals surface area contributed by atoms with Crippen LogP contribution in [0.1, 0.15) is 31.2 Å². The van der Waals surface area contributed by atoms with E-state index in [-0.39, 0.29) is 17.4 Å². The van der Waals surface area contributed by atoms with E-state index >= 15 is 0 Å². The third-order valence-corrected chi connectivity index (χ3v) is 5.43. The van der Waals surface area contributed by atoms with Gasteiger partial charge in [-0.1, -0.05) is 24.8 Å². The van der Waals surface area contributed by atoms with Crippen LogP contribution in [0.5, 0.6) is 0 Å². The zero-order chi connectivity index (χ0) is 16.3. The summed E-state index contributed by atoms with van der Waals surface area (Å²) in [7, 11) is 0. The van der Waals surface area contributed by atoms with Gasteiger partial charge in [-0.25, -0.2) is 0 Å². The minimum atomic E-state index is -0.383. The average molecular weight is 328 g/mol. The lowest BCUT2D eigenvalue weighted by Crippen LogP contribution is -2.55. The summed E-state index contributed by atoms with van der Waals surface area (Å²) >= 11 is 1.69. The molecule has 0 radical (unpaired) electrons. The molecular weight excluding hydrogens is 308 g/mol. The van der Waals surface area contributed by atoms with Crippen LogP contribution in [0.25, 0.3) is 10.1 Å². The molecule has 1 heterocycles. The van der Waals surface area contributed by atoms with Gasteiger partial charge < -0.3 is 10.6 Å². The van der Waals surface area contributed by atoms with Gasteiger partial charge in [0, 0.05) is 23.2 Å². The molecule has 0 spiro atoms. The summed E-state index contributed by atoms with van der Waals surface area (Å²) < 4.78 is 1.23. The molecule has 5 heteroatoms. The third-order valence-electron chi connectivity index (χ3n) is 4.42. The SMILES string of the molecule is C=CC(=O)NC1(CC(=O)NCc2csc3ccccc23)CCC1. The number of fused-ring (bicyclic) bond motifs is 1. The van der Waals surface area contributed by atoms with Crippen LogP contribution in [0.15, 0.2) is 42.3 Å². The molecule has 2 N–H and O–H groups in total. The van der Waals surface area contributed by atoms with Gasteiger partial charge >= 0.3 is 0 Å². The normalized spacial score (nSPS) is 15.7.